The number of aryl methyl sites for hydroxylation is 1. The number of hydrogen-bond acceptors (Lipinski definition) is 4. The van der Waals surface area contributed by atoms with Gasteiger partial charge >= 0.3 is 0 Å². The maximum Gasteiger partial charge on any atom is 0.250 e. The van der Waals surface area contributed by atoms with Crippen LogP contribution in [-0.2, 0) is 16.6 Å². The minimum atomic E-state index is -3.44. The van der Waals surface area contributed by atoms with Gasteiger partial charge in [-0.15, -0.1) is 11.3 Å². The van der Waals surface area contributed by atoms with Gasteiger partial charge in [-0.25, -0.2) is 13.1 Å². The topological polar surface area (TPSA) is 58.2 Å². The Balaban J connectivity index is 2.92. The quantitative estimate of drug-likeness (QED) is 0.767. The smallest absolute Gasteiger partial charge is 0.250 e. The average molecular weight is 333 g/mol. The minimum absolute atomic E-state index is 0.383. The molecule has 0 radical (unpaired) electrons. The summed E-state index contributed by atoms with van der Waals surface area (Å²) >= 11 is 1.35. The van der Waals surface area contributed by atoms with Crippen LogP contribution < -0.4 is 10.0 Å². The predicted molar refractivity (Wildman–Crippen MR) is 90.3 cm³/mol. The van der Waals surface area contributed by atoms with E-state index in [0.29, 0.717) is 16.8 Å². The van der Waals surface area contributed by atoms with E-state index in [0.717, 1.165) is 23.3 Å². The molecule has 0 saturated heterocycles. The first kappa shape index (κ1) is 18.6. The molecule has 0 aromatic carbocycles. The molecule has 0 aliphatic carbocycles. The Kier molecular flexibility index (Phi) is 6.40. The molecule has 0 aliphatic rings. The van der Waals surface area contributed by atoms with Crippen molar-refractivity contribution >= 4 is 21.4 Å². The molecule has 0 spiro atoms. The van der Waals surface area contributed by atoms with Gasteiger partial charge in [0, 0.05) is 23.0 Å². The third kappa shape index (κ3) is 5.70. The van der Waals surface area contributed by atoms with E-state index in [1.54, 1.807) is 6.07 Å². The molecule has 2 N–H and O–H groups in total. The van der Waals surface area contributed by atoms with Crippen molar-refractivity contribution in [1.29, 1.82) is 0 Å². The molecule has 1 aromatic rings. The van der Waals surface area contributed by atoms with Gasteiger partial charge in [-0.3, -0.25) is 0 Å². The second kappa shape index (κ2) is 7.22. The Hall–Kier alpha value is -0.430. The molecule has 1 heterocycles. The Morgan fingerprint density at radius 2 is 1.95 bits per heavy atom. The lowest BCUT2D eigenvalue weighted by Gasteiger charge is -2.24. The van der Waals surface area contributed by atoms with Gasteiger partial charge in [0.15, 0.2) is 0 Å². The van der Waals surface area contributed by atoms with Crippen LogP contribution in [0.1, 0.15) is 57.9 Å². The third-order valence-corrected chi connectivity index (χ3v) is 6.63. The van der Waals surface area contributed by atoms with Crippen molar-refractivity contribution < 1.29 is 8.42 Å². The van der Waals surface area contributed by atoms with E-state index in [1.807, 2.05) is 20.8 Å². The maximum atomic E-state index is 12.5. The molecule has 1 rings (SSSR count). The Morgan fingerprint density at radius 3 is 2.48 bits per heavy atom. The zero-order valence-corrected chi connectivity index (χ0v) is 15.5. The maximum absolute atomic E-state index is 12.5. The summed E-state index contributed by atoms with van der Waals surface area (Å²) in [5.41, 5.74) is 0.615. The van der Waals surface area contributed by atoms with Crippen LogP contribution >= 0.6 is 11.3 Å². The summed E-state index contributed by atoms with van der Waals surface area (Å²) < 4.78 is 28.2. The lowest BCUT2D eigenvalue weighted by Crippen LogP contribution is -2.42. The number of rotatable bonds is 8. The molecule has 0 fully saturated rings. The second-order valence-corrected chi connectivity index (χ2v) is 9.49. The molecular weight excluding hydrogens is 304 g/mol. The van der Waals surface area contributed by atoms with Crippen LogP contribution in [0.5, 0.6) is 0 Å². The molecule has 4 nitrogen and oxygen atoms in total. The zero-order valence-electron chi connectivity index (χ0n) is 13.9. The molecule has 122 valence electrons. The van der Waals surface area contributed by atoms with Gasteiger partial charge in [-0.1, -0.05) is 27.2 Å². The fraction of sp³-hybridized carbons (Fsp3) is 0.733. The van der Waals surface area contributed by atoms with Crippen LogP contribution in [-0.4, -0.2) is 20.0 Å². The highest BCUT2D eigenvalue weighted by Crippen LogP contribution is 2.27. The van der Waals surface area contributed by atoms with Gasteiger partial charge in [-0.2, -0.15) is 0 Å². The molecule has 6 heteroatoms. The van der Waals surface area contributed by atoms with Crippen molar-refractivity contribution in [2.24, 2.45) is 0 Å². The highest BCUT2D eigenvalue weighted by Gasteiger charge is 2.27. The molecule has 0 aliphatic heterocycles. The predicted octanol–water partition coefficient (Wildman–Crippen LogP) is 3.41. The monoisotopic (exact) mass is 332 g/mol. The van der Waals surface area contributed by atoms with Gasteiger partial charge in [0.05, 0.1) is 0 Å². The summed E-state index contributed by atoms with van der Waals surface area (Å²) in [6.45, 7) is 12.7. The first-order chi connectivity index (χ1) is 9.57. The summed E-state index contributed by atoms with van der Waals surface area (Å²) in [4.78, 5) is 1.08. The van der Waals surface area contributed by atoms with Crippen molar-refractivity contribution in [1.82, 2.24) is 10.0 Å². The summed E-state index contributed by atoms with van der Waals surface area (Å²) in [7, 11) is -3.44. The highest BCUT2D eigenvalue weighted by atomic mass is 32.2. The van der Waals surface area contributed by atoms with Crippen LogP contribution in [0.2, 0.25) is 0 Å². The first-order valence-electron chi connectivity index (χ1n) is 7.44. The average Bonchev–Trinajstić information content (AvgIpc) is 2.67. The van der Waals surface area contributed by atoms with E-state index in [-0.39, 0.29) is 0 Å². The third-order valence-electron chi connectivity index (χ3n) is 3.22. The molecule has 1 aromatic heterocycles. The second-order valence-electron chi connectivity index (χ2n) is 6.45. The largest absolute Gasteiger partial charge is 0.310 e. The van der Waals surface area contributed by atoms with Crippen molar-refractivity contribution in [2.75, 3.05) is 0 Å². The molecule has 0 unspecified atom stereocenters. The Labute approximate surface area is 133 Å². The number of nitrogens with one attached hydrogen (secondary N) is 2. The van der Waals surface area contributed by atoms with E-state index in [1.165, 1.54) is 11.3 Å². The van der Waals surface area contributed by atoms with Gasteiger partial charge in [0.25, 0.3) is 10.0 Å². The standard InChI is InChI=1S/C15H28N2O2S2/c1-7-8-15(5,6)17-21(18,19)14-9-12(4)13(20-14)10-16-11(2)3/h9,11,16-17H,7-8,10H2,1-6H3. The molecule has 0 bridgehead atoms. The lowest BCUT2D eigenvalue weighted by molar-refractivity contribution is 0.418. The van der Waals surface area contributed by atoms with Crippen LogP contribution in [0.4, 0.5) is 0 Å². The number of sulfonamides is 1. The fourth-order valence-electron chi connectivity index (χ4n) is 2.18. The number of thiophene rings is 1. The highest BCUT2D eigenvalue weighted by molar-refractivity contribution is 7.91. The fourth-order valence-corrected chi connectivity index (χ4v) is 5.17. The van der Waals surface area contributed by atoms with Crippen molar-refractivity contribution in [2.45, 2.75) is 76.7 Å². The SMILES string of the molecule is CCCC(C)(C)NS(=O)(=O)c1cc(C)c(CNC(C)C)s1. The normalized spacial score (nSPS) is 13.1. The first-order valence-corrected chi connectivity index (χ1v) is 9.74. The summed E-state index contributed by atoms with van der Waals surface area (Å²) in [5.74, 6) is 0. The number of hydrogen-bond donors (Lipinski definition) is 2. The molecule has 0 saturated carbocycles. The van der Waals surface area contributed by atoms with Crippen molar-refractivity contribution in [3.05, 3.63) is 16.5 Å². The molecule has 0 atom stereocenters. The molecule has 0 amide bonds. The zero-order chi connectivity index (χ0) is 16.3. The van der Waals surface area contributed by atoms with Gasteiger partial charge in [0.2, 0.25) is 0 Å². The van der Waals surface area contributed by atoms with E-state index in [2.05, 4.69) is 30.8 Å². The van der Waals surface area contributed by atoms with Crippen LogP contribution in [0.15, 0.2) is 10.3 Å². The van der Waals surface area contributed by atoms with Crippen LogP contribution in [0, 0.1) is 6.92 Å². The van der Waals surface area contributed by atoms with E-state index >= 15 is 0 Å². The van der Waals surface area contributed by atoms with E-state index in [9.17, 15) is 8.42 Å². The van der Waals surface area contributed by atoms with Crippen LogP contribution in [0.3, 0.4) is 0 Å². The molecular formula is C15H28N2O2S2. The van der Waals surface area contributed by atoms with Crippen molar-refractivity contribution in [3.8, 4) is 0 Å². The van der Waals surface area contributed by atoms with E-state index in [4.69, 9.17) is 0 Å². The van der Waals surface area contributed by atoms with Gasteiger partial charge < -0.3 is 5.32 Å². The van der Waals surface area contributed by atoms with Crippen molar-refractivity contribution in [3.63, 3.8) is 0 Å². The summed E-state index contributed by atoms with van der Waals surface area (Å²) in [5, 5.41) is 3.33. The van der Waals surface area contributed by atoms with Gasteiger partial charge in [-0.05, 0) is 38.8 Å². The Bertz CT molecular complexity index is 560. The van der Waals surface area contributed by atoms with Gasteiger partial charge in [0.1, 0.15) is 4.21 Å². The lowest BCUT2D eigenvalue weighted by atomic mass is 10.0. The minimum Gasteiger partial charge on any atom is -0.310 e. The van der Waals surface area contributed by atoms with Crippen LogP contribution in [0.25, 0.3) is 0 Å². The summed E-state index contributed by atoms with van der Waals surface area (Å²) in [6.07, 6.45) is 1.76. The molecule has 21 heavy (non-hydrogen) atoms. The van der Waals surface area contributed by atoms with E-state index < -0.39 is 15.6 Å². The Morgan fingerprint density at radius 1 is 1.33 bits per heavy atom. The summed E-state index contributed by atoms with van der Waals surface area (Å²) in [6, 6.07) is 2.15.